The van der Waals surface area contributed by atoms with E-state index in [-0.39, 0.29) is 23.7 Å². The van der Waals surface area contributed by atoms with E-state index in [9.17, 15) is 9.59 Å². The summed E-state index contributed by atoms with van der Waals surface area (Å²) in [6, 6.07) is 18.8. The zero-order valence-electron chi connectivity index (χ0n) is 17.0. The largest absolute Gasteiger partial charge is 0.376 e. The van der Waals surface area contributed by atoms with Gasteiger partial charge in [0.2, 0.25) is 5.91 Å². The summed E-state index contributed by atoms with van der Waals surface area (Å²) >= 11 is 1.33. The van der Waals surface area contributed by atoms with Gasteiger partial charge >= 0.3 is 0 Å². The number of amides is 2. The molecule has 0 spiro atoms. The Kier molecular flexibility index (Phi) is 7.01. The molecule has 0 unspecified atom stereocenters. The van der Waals surface area contributed by atoms with Gasteiger partial charge in [0.15, 0.2) is 5.16 Å². The van der Waals surface area contributed by atoms with Crippen LogP contribution < -0.4 is 10.9 Å². The van der Waals surface area contributed by atoms with Gasteiger partial charge in [0.1, 0.15) is 0 Å². The molecule has 0 aliphatic carbocycles. The number of ether oxygens (including phenoxy) is 1. The highest BCUT2D eigenvalue weighted by Crippen LogP contribution is 2.28. The number of rotatable bonds is 7. The van der Waals surface area contributed by atoms with Crippen LogP contribution in [-0.4, -0.2) is 39.8 Å². The molecular formula is C23H24N4O3S. The number of thioether (sulfide) groups is 1. The Balaban J connectivity index is 1.39. The molecule has 2 aromatic carbocycles. The summed E-state index contributed by atoms with van der Waals surface area (Å²) in [6.45, 7) is 1.48. The predicted molar refractivity (Wildman–Crippen MR) is 119 cm³/mol. The zero-order chi connectivity index (χ0) is 21.5. The van der Waals surface area contributed by atoms with Gasteiger partial charge in [-0.2, -0.15) is 0 Å². The minimum atomic E-state index is -0.356. The maximum absolute atomic E-state index is 12.3. The molecule has 0 bridgehead atoms. The maximum Gasteiger partial charge on any atom is 0.269 e. The van der Waals surface area contributed by atoms with Crippen molar-refractivity contribution in [2.45, 2.75) is 30.6 Å². The third-order valence-electron chi connectivity index (χ3n) is 4.98. The SMILES string of the molecule is O=C(CSc1ncc(-c2ccccc2)n1C[C@@H]1CCCO1)NNC(=O)c1ccccc1. The van der Waals surface area contributed by atoms with Crippen LogP contribution in [0.15, 0.2) is 72.0 Å². The molecule has 1 aromatic heterocycles. The van der Waals surface area contributed by atoms with Gasteiger partial charge in [0.25, 0.3) is 5.91 Å². The van der Waals surface area contributed by atoms with Crippen LogP contribution >= 0.6 is 11.8 Å². The monoisotopic (exact) mass is 436 g/mol. The van der Waals surface area contributed by atoms with E-state index in [4.69, 9.17) is 4.74 Å². The molecular weight excluding hydrogens is 412 g/mol. The summed E-state index contributed by atoms with van der Waals surface area (Å²) in [4.78, 5) is 28.9. The number of nitrogens with zero attached hydrogens (tertiary/aromatic N) is 2. The van der Waals surface area contributed by atoms with Crippen LogP contribution in [0.2, 0.25) is 0 Å². The number of carbonyl (C=O) groups is 2. The number of nitrogens with one attached hydrogen (secondary N) is 2. The average molecular weight is 437 g/mol. The Morgan fingerprint density at radius 3 is 2.52 bits per heavy atom. The lowest BCUT2D eigenvalue weighted by molar-refractivity contribution is -0.119. The van der Waals surface area contributed by atoms with Gasteiger partial charge < -0.3 is 9.30 Å². The van der Waals surface area contributed by atoms with Crippen LogP contribution in [-0.2, 0) is 16.1 Å². The predicted octanol–water partition coefficient (Wildman–Crippen LogP) is 3.28. The molecule has 3 aromatic rings. The van der Waals surface area contributed by atoms with Crippen LogP contribution in [0.3, 0.4) is 0 Å². The Morgan fingerprint density at radius 2 is 1.81 bits per heavy atom. The molecule has 0 radical (unpaired) electrons. The Bertz CT molecular complexity index is 1020. The van der Waals surface area contributed by atoms with E-state index in [2.05, 4.69) is 20.4 Å². The summed E-state index contributed by atoms with van der Waals surface area (Å²) < 4.78 is 7.94. The second-order valence-electron chi connectivity index (χ2n) is 7.19. The first-order valence-corrected chi connectivity index (χ1v) is 11.2. The number of hydrazine groups is 1. The lowest BCUT2D eigenvalue weighted by Crippen LogP contribution is -2.42. The number of hydrogen-bond acceptors (Lipinski definition) is 5. The Hall–Kier alpha value is -3.10. The highest BCUT2D eigenvalue weighted by Gasteiger charge is 2.21. The minimum absolute atomic E-state index is 0.131. The number of hydrogen-bond donors (Lipinski definition) is 2. The second kappa shape index (κ2) is 10.3. The molecule has 31 heavy (non-hydrogen) atoms. The average Bonchev–Trinajstić information content (AvgIpc) is 3.47. The van der Waals surface area contributed by atoms with Crippen LogP contribution in [0, 0.1) is 0 Å². The summed E-state index contributed by atoms with van der Waals surface area (Å²) in [5.41, 5.74) is 7.45. The number of imidazole rings is 1. The molecule has 1 saturated heterocycles. The summed E-state index contributed by atoms with van der Waals surface area (Å²) in [6.07, 6.45) is 4.06. The zero-order valence-corrected chi connectivity index (χ0v) is 17.8. The molecule has 0 saturated carbocycles. The number of aromatic nitrogens is 2. The van der Waals surface area contributed by atoms with Gasteiger partial charge in [-0.25, -0.2) is 4.98 Å². The fourth-order valence-electron chi connectivity index (χ4n) is 3.44. The number of benzene rings is 2. The lowest BCUT2D eigenvalue weighted by atomic mass is 10.1. The highest BCUT2D eigenvalue weighted by molar-refractivity contribution is 7.99. The minimum Gasteiger partial charge on any atom is -0.376 e. The molecule has 1 fully saturated rings. The van der Waals surface area contributed by atoms with E-state index in [0.717, 1.165) is 35.9 Å². The van der Waals surface area contributed by atoms with Gasteiger partial charge in [0.05, 0.1) is 30.3 Å². The Labute approximate surface area is 185 Å². The van der Waals surface area contributed by atoms with Crippen LogP contribution in [0.1, 0.15) is 23.2 Å². The van der Waals surface area contributed by atoms with Crippen molar-refractivity contribution < 1.29 is 14.3 Å². The van der Waals surface area contributed by atoms with Crippen molar-refractivity contribution in [2.75, 3.05) is 12.4 Å². The Morgan fingerprint density at radius 1 is 1.06 bits per heavy atom. The van der Waals surface area contributed by atoms with Crippen molar-refractivity contribution in [3.63, 3.8) is 0 Å². The third kappa shape index (κ3) is 5.53. The maximum atomic E-state index is 12.3. The van der Waals surface area contributed by atoms with Crippen molar-refractivity contribution in [1.82, 2.24) is 20.4 Å². The topological polar surface area (TPSA) is 85.2 Å². The van der Waals surface area contributed by atoms with E-state index < -0.39 is 0 Å². The van der Waals surface area contributed by atoms with Gasteiger partial charge in [0, 0.05) is 12.2 Å². The molecule has 1 aliphatic rings. The standard InChI is InChI=1S/C23H24N4O3S/c28-21(25-26-22(29)18-10-5-2-6-11-18)16-31-23-24-14-20(17-8-3-1-4-9-17)27(23)15-19-12-7-13-30-19/h1-6,8-11,14,19H,7,12-13,15-16H2,(H,25,28)(H,26,29)/t19-/m0/s1. The smallest absolute Gasteiger partial charge is 0.269 e. The fourth-order valence-corrected chi connectivity index (χ4v) is 4.22. The lowest BCUT2D eigenvalue weighted by Gasteiger charge is -2.16. The van der Waals surface area contributed by atoms with Crippen molar-refractivity contribution >= 4 is 23.6 Å². The fraction of sp³-hybridized carbons (Fsp3) is 0.261. The van der Waals surface area contributed by atoms with E-state index >= 15 is 0 Å². The van der Waals surface area contributed by atoms with E-state index in [1.165, 1.54) is 11.8 Å². The van der Waals surface area contributed by atoms with Gasteiger partial charge in [-0.15, -0.1) is 0 Å². The molecule has 7 nitrogen and oxygen atoms in total. The van der Waals surface area contributed by atoms with Crippen LogP contribution in [0.4, 0.5) is 0 Å². The van der Waals surface area contributed by atoms with Crippen LogP contribution in [0.5, 0.6) is 0 Å². The molecule has 4 rings (SSSR count). The van der Waals surface area contributed by atoms with Crippen molar-refractivity contribution in [3.8, 4) is 11.3 Å². The van der Waals surface area contributed by atoms with Gasteiger partial charge in [-0.1, -0.05) is 60.3 Å². The number of carbonyl (C=O) groups excluding carboxylic acids is 2. The molecule has 2 amide bonds. The quantitative estimate of drug-likeness (QED) is 0.439. The van der Waals surface area contributed by atoms with Gasteiger partial charge in [-0.05, 0) is 30.5 Å². The van der Waals surface area contributed by atoms with E-state index in [1.807, 2.05) is 42.6 Å². The van der Waals surface area contributed by atoms with E-state index in [1.54, 1.807) is 24.3 Å². The summed E-state index contributed by atoms with van der Waals surface area (Å²) in [5.74, 6) is -0.529. The highest BCUT2D eigenvalue weighted by atomic mass is 32.2. The first-order chi connectivity index (χ1) is 15.2. The first kappa shape index (κ1) is 21.1. The molecule has 2 N–H and O–H groups in total. The van der Waals surface area contributed by atoms with E-state index in [0.29, 0.717) is 12.1 Å². The van der Waals surface area contributed by atoms with Gasteiger partial charge in [-0.3, -0.25) is 20.4 Å². The molecule has 8 heteroatoms. The van der Waals surface area contributed by atoms with Crippen molar-refractivity contribution in [2.24, 2.45) is 0 Å². The summed E-state index contributed by atoms with van der Waals surface area (Å²) in [5, 5.41) is 0.749. The second-order valence-corrected chi connectivity index (χ2v) is 8.14. The molecule has 1 aliphatic heterocycles. The molecule has 1 atom stereocenters. The van der Waals surface area contributed by atoms with Crippen LogP contribution in [0.25, 0.3) is 11.3 Å². The molecule has 160 valence electrons. The van der Waals surface area contributed by atoms with Crippen molar-refractivity contribution in [3.05, 3.63) is 72.4 Å². The summed E-state index contributed by atoms with van der Waals surface area (Å²) in [7, 11) is 0. The van der Waals surface area contributed by atoms with Crippen molar-refractivity contribution in [1.29, 1.82) is 0 Å². The third-order valence-corrected chi connectivity index (χ3v) is 5.97. The molecule has 2 heterocycles. The normalized spacial score (nSPS) is 15.5. The first-order valence-electron chi connectivity index (χ1n) is 10.2.